The number of aromatic amines is 1. The van der Waals surface area contributed by atoms with Crippen LogP contribution in [0, 0.1) is 24.4 Å². The largest absolute Gasteiger partial charge is 0.358 e. The van der Waals surface area contributed by atoms with Crippen LogP contribution in [0.4, 0.5) is 13.2 Å². The van der Waals surface area contributed by atoms with Gasteiger partial charge in [0.1, 0.15) is 0 Å². The third-order valence-corrected chi connectivity index (χ3v) is 3.38. The van der Waals surface area contributed by atoms with Gasteiger partial charge in [0.15, 0.2) is 17.5 Å². The highest BCUT2D eigenvalue weighted by Crippen LogP contribution is 2.29. The van der Waals surface area contributed by atoms with E-state index in [1.165, 1.54) is 0 Å². The molecule has 1 fully saturated rings. The lowest BCUT2D eigenvalue weighted by Gasteiger charge is -2.04. The third-order valence-electron chi connectivity index (χ3n) is 3.38. The lowest BCUT2D eigenvalue weighted by molar-refractivity contribution is 0.453. The van der Waals surface area contributed by atoms with Crippen LogP contribution in [0.3, 0.4) is 0 Å². The highest BCUT2D eigenvalue weighted by molar-refractivity contribution is 5.85. The van der Waals surface area contributed by atoms with Gasteiger partial charge in [-0.2, -0.15) is 0 Å². The summed E-state index contributed by atoms with van der Waals surface area (Å²) in [5.41, 5.74) is 1.71. The van der Waals surface area contributed by atoms with Gasteiger partial charge in [0, 0.05) is 29.7 Å². The summed E-state index contributed by atoms with van der Waals surface area (Å²) in [5.74, 6) is -3.68. The molecule has 1 aromatic carbocycles. The Kier molecular flexibility index (Phi) is 2.59. The number of benzene rings is 1. The molecule has 2 aromatic rings. The molecular weight excluding hydrogens is 241 g/mol. The van der Waals surface area contributed by atoms with Crippen LogP contribution in [0.2, 0.25) is 0 Å². The van der Waals surface area contributed by atoms with Gasteiger partial charge in [-0.1, -0.05) is 0 Å². The number of nitrogens with one attached hydrogen (secondary N) is 2. The normalized spacial score (nSPS) is 15.6. The van der Waals surface area contributed by atoms with Gasteiger partial charge in [-0.15, -0.1) is 0 Å². The number of aryl methyl sites for hydroxylation is 1. The number of hydrogen-bond acceptors (Lipinski definition) is 1. The van der Waals surface area contributed by atoms with Gasteiger partial charge in [-0.05, 0) is 25.3 Å². The molecule has 1 aromatic heterocycles. The Hall–Kier alpha value is -1.49. The van der Waals surface area contributed by atoms with Gasteiger partial charge in [0.05, 0.1) is 5.52 Å². The molecule has 0 radical (unpaired) electrons. The lowest BCUT2D eigenvalue weighted by atomic mass is 10.1. The van der Waals surface area contributed by atoms with Gasteiger partial charge in [-0.3, -0.25) is 0 Å². The van der Waals surface area contributed by atoms with Gasteiger partial charge in [0.25, 0.3) is 0 Å². The Morgan fingerprint density at radius 2 is 2.00 bits per heavy atom. The van der Waals surface area contributed by atoms with Crippen molar-refractivity contribution in [1.82, 2.24) is 10.3 Å². The Balaban J connectivity index is 2.10. The fourth-order valence-electron chi connectivity index (χ4n) is 2.21. The van der Waals surface area contributed by atoms with Gasteiger partial charge < -0.3 is 10.3 Å². The van der Waals surface area contributed by atoms with Crippen LogP contribution in [-0.2, 0) is 6.54 Å². The molecule has 96 valence electrons. The first-order valence-electron chi connectivity index (χ1n) is 5.96. The maximum atomic E-state index is 13.8. The predicted octanol–water partition coefficient (Wildman–Crippen LogP) is 3.15. The average molecular weight is 254 g/mol. The Morgan fingerprint density at radius 3 is 2.67 bits per heavy atom. The van der Waals surface area contributed by atoms with E-state index in [9.17, 15) is 13.2 Å². The summed E-state index contributed by atoms with van der Waals surface area (Å²) in [6, 6.07) is 1.48. The summed E-state index contributed by atoms with van der Waals surface area (Å²) in [4.78, 5) is 2.89. The second kappa shape index (κ2) is 4.02. The summed E-state index contributed by atoms with van der Waals surface area (Å²) >= 11 is 0. The molecule has 0 spiro atoms. The predicted molar refractivity (Wildman–Crippen MR) is 62.8 cm³/mol. The summed E-state index contributed by atoms with van der Waals surface area (Å²) in [6.07, 6.45) is 2.24. The van der Waals surface area contributed by atoms with E-state index in [1.54, 1.807) is 6.92 Å². The van der Waals surface area contributed by atoms with Crippen LogP contribution in [0.25, 0.3) is 10.9 Å². The minimum Gasteiger partial charge on any atom is -0.358 e. The molecule has 0 saturated heterocycles. The highest BCUT2D eigenvalue weighted by atomic mass is 19.2. The lowest BCUT2D eigenvalue weighted by Crippen LogP contribution is -2.15. The third kappa shape index (κ3) is 1.79. The van der Waals surface area contributed by atoms with E-state index in [0.717, 1.165) is 24.6 Å². The van der Waals surface area contributed by atoms with Crippen molar-refractivity contribution >= 4 is 10.9 Å². The zero-order chi connectivity index (χ0) is 12.9. The fourth-order valence-corrected chi connectivity index (χ4v) is 2.21. The molecule has 0 amide bonds. The second-order valence-corrected chi connectivity index (χ2v) is 4.79. The van der Waals surface area contributed by atoms with Gasteiger partial charge in [0.2, 0.25) is 0 Å². The monoisotopic (exact) mass is 254 g/mol. The van der Waals surface area contributed by atoms with Crippen LogP contribution >= 0.6 is 0 Å². The first-order valence-corrected chi connectivity index (χ1v) is 5.96. The molecule has 1 saturated carbocycles. The van der Waals surface area contributed by atoms with Crippen molar-refractivity contribution in [2.24, 2.45) is 0 Å². The van der Waals surface area contributed by atoms with Crippen molar-refractivity contribution in [3.05, 3.63) is 34.8 Å². The van der Waals surface area contributed by atoms with E-state index in [-0.39, 0.29) is 5.39 Å². The highest BCUT2D eigenvalue weighted by Gasteiger charge is 2.23. The Morgan fingerprint density at radius 1 is 1.28 bits per heavy atom. The minimum absolute atomic E-state index is 0.152. The standard InChI is InChI=1S/C13H13F3N2/c1-6-8(5-17-7-2-3-7)11-10(18-6)4-9(14)12(15)13(11)16/h4,7,17-18H,2-3,5H2,1H3. The van der Waals surface area contributed by atoms with E-state index in [2.05, 4.69) is 10.3 Å². The second-order valence-electron chi connectivity index (χ2n) is 4.79. The quantitative estimate of drug-likeness (QED) is 0.809. The number of halogens is 3. The molecule has 1 aliphatic carbocycles. The molecule has 1 aliphatic rings. The van der Waals surface area contributed by atoms with Crippen molar-refractivity contribution in [2.45, 2.75) is 32.4 Å². The first kappa shape index (κ1) is 11.6. The zero-order valence-corrected chi connectivity index (χ0v) is 9.91. The van der Waals surface area contributed by atoms with Crippen LogP contribution in [0.5, 0.6) is 0 Å². The van der Waals surface area contributed by atoms with E-state index < -0.39 is 17.5 Å². The van der Waals surface area contributed by atoms with Gasteiger partial charge >= 0.3 is 0 Å². The Bertz CT molecular complexity index is 614. The molecule has 0 unspecified atom stereocenters. The van der Waals surface area contributed by atoms with Crippen molar-refractivity contribution < 1.29 is 13.2 Å². The van der Waals surface area contributed by atoms with Crippen molar-refractivity contribution in [3.8, 4) is 0 Å². The Labute approximate surface area is 102 Å². The molecule has 18 heavy (non-hydrogen) atoms. The van der Waals surface area contributed by atoms with E-state index >= 15 is 0 Å². The summed E-state index contributed by atoms with van der Waals surface area (Å²) in [6.45, 7) is 2.25. The van der Waals surface area contributed by atoms with E-state index in [0.29, 0.717) is 23.7 Å². The summed E-state index contributed by atoms with van der Waals surface area (Å²) < 4.78 is 40.2. The summed E-state index contributed by atoms with van der Waals surface area (Å²) in [7, 11) is 0. The SMILES string of the molecule is Cc1[nH]c2cc(F)c(F)c(F)c2c1CNC1CC1. The zero-order valence-electron chi connectivity index (χ0n) is 9.91. The molecule has 0 atom stereocenters. The fraction of sp³-hybridized carbons (Fsp3) is 0.385. The molecule has 2 nitrogen and oxygen atoms in total. The molecule has 0 bridgehead atoms. The van der Waals surface area contributed by atoms with Crippen molar-refractivity contribution in [3.63, 3.8) is 0 Å². The van der Waals surface area contributed by atoms with Crippen LogP contribution < -0.4 is 5.32 Å². The smallest absolute Gasteiger partial charge is 0.195 e. The topological polar surface area (TPSA) is 27.8 Å². The molecule has 0 aliphatic heterocycles. The molecule has 3 rings (SSSR count). The van der Waals surface area contributed by atoms with Crippen LogP contribution in [0.15, 0.2) is 6.07 Å². The first-order chi connectivity index (χ1) is 8.58. The number of fused-ring (bicyclic) bond motifs is 1. The maximum Gasteiger partial charge on any atom is 0.195 e. The van der Waals surface area contributed by atoms with E-state index in [4.69, 9.17) is 0 Å². The minimum atomic E-state index is -1.41. The molecule has 1 heterocycles. The molecule has 2 N–H and O–H groups in total. The maximum absolute atomic E-state index is 13.8. The molecule has 5 heteroatoms. The number of hydrogen-bond donors (Lipinski definition) is 2. The van der Waals surface area contributed by atoms with Crippen molar-refractivity contribution in [1.29, 1.82) is 0 Å². The molecular formula is C13H13F3N2. The number of aromatic nitrogens is 1. The number of H-pyrrole nitrogens is 1. The van der Waals surface area contributed by atoms with Crippen LogP contribution in [-0.4, -0.2) is 11.0 Å². The van der Waals surface area contributed by atoms with Crippen LogP contribution in [0.1, 0.15) is 24.1 Å². The van der Waals surface area contributed by atoms with Crippen molar-refractivity contribution in [2.75, 3.05) is 0 Å². The van der Waals surface area contributed by atoms with Gasteiger partial charge in [-0.25, -0.2) is 13.2 Å². The average Bonchev–Trinajstić information content (AvgIpc) is 3.09. The number of rotatable bonds is 3. The van der Waals surface area contributed by atoms with E-state index in [1.807, 2.05) is 0 Å². The summed E-state index contributed by atoms with van der Waals surface area (Å²) in [5, 5.41) is 3.40.